The molecule has 3 aromatic carbocycles. The predicted molar refractivity (Wildman–Crippen MR) is 132 cm³/mol. The fourth-order valence-corrected chi connectivity index (χ4v) is 4.00. The van der Waals surface area contributed by atoms with E-state index in [-0.39, 0.29) is 24.2 Å². The SMILES string of the molecule is Cc1ccc2c(CC(=O)NNC(=O)c3nn(Cc4ccccc4)c(=O)c4ccccc34)coc2c1. The highest BCUT2D eigenvalue weighted by atomic mass is 16.3. The normalized spacial score (nSPS) is 11.0. The number of aryl methyl sites for hydroxylation is 1. The maximum atomic E-state index is 13.0. The summed E-state index contributed by atoms with van der Waals surface area (Å²) in [5, 5.41) is 5.95. The summed E-state index contributed by atoms with van der Waals surface area (Å²) in [5.41, 5.74) is 7.95. The molecular weight excluding hydrogens is 444 g/mol. The maximum Gasteiger partial charge on any atom is 0.290 e. The van der Waals surface area contributed by atoms with E-state index in [1.165, 1.54) is 4.68 Å². The van der Waals surface area contributed by atoms with Crippen LogP contribution in [-0.4, -0.2) is 21.6 Å². The molecule has 0 saturated carbocycles. The summed E-state index contributed by atoms with van der Waals surface area (Å²) in [7, 11) is 0. The quantitative estimate of drug-likeness (QED) is 0.386. The lowest BCUT2D eigenvalue weighted by Crippen LogP contribution is -2.43. The number of rotatable bonds is 5. The van der Waals surface area contributed by atoms with Gasteiger partial charge in [0, 0.05) is 16.3 Å². The second-order valence-corrected chi connectivity index (χ2v) is 8.28. The van der Waals surface area contributed by atoms with Crippen LogP contribution in [0.25, 0.3) is 21.7 Å². The van der Waals surface area contributed by atoms with Crippen LogP contribution in [0.5, 0.6) is 0 Å². The van der Waals surface area contributed by atoms with Crippen molar-refractivity contribution in [2.75, 3.05) is 0 Å². The summed E-state index contributed by atoms with van der Waals surface area (Å²) in [6, 6.07) is 21.9. The van der Waals surface area contributed by atoms with Crippen LogP contribution >= 0.6 is 0 Å². The van der Waals surface area contributed by atoms with Crippen LogP contribution in [0, 0.1) is 6.92 Å². The molecule has 2 N–H and O–H groups in total. The third-order valence-corrected chi connectivity index (χ3v) is 5.74. The summed E-state index contributed by atoms with van der Waals surface area (Å²) in [4.78, 5) is 38.5. The first-order valence-electron chi connectivity index (χ1n) is 11.1. The standard InChI is InChI=1S/C27H22N4O4/c1-17-11-12-20-19(16-35-23(20)13-17)14-24(32)28-29-26(33)25-21-9-5-6-10-22(21)27(34)31(30-25)15-18-7-3-2-4-8-18/h2-13,16H,14-15H2,1H3,(H,28,32)(H,29,33). The number of carbonyl (C=O) groups is 2. The van der Waals surface area contributed by atoms with E-state index in [1.807, 2.05) is 55.5 Å². The Balaban J connectivity index is 1.36. The molecule has 0 atom stereocenters. The average molecular weight is 466 g/mol. The van der Waals surface area contributed by atoms with Gasteiger partial charge in [0.2, 0.25) is 5.91 Å². The van der Waals surface area contributed by atoms with E-state index in [2.05, 4.69) is 16.0 Å². The molecule has 0 aliphatic carbocycles. The largest absolute Gasteiger partial charge is 0.464 e. The Morgan fingerprint density at radius 1 is 0.914 bits per heavy atom. The molecule has 8 heteroatoms. The molecule has 5 aromatic rings. The molecule has 0 unspecified atom stereocenters. The first-order chi connectivity index (χ1) is 17.0. The Hall–Kier alpha value is -4.72. The molecule has 2 amide bonds. The number of hydrogen-bond acceptors (Lipinski definition) is 5. The summed E-state index contributed by atoms with van der Waals surface area (Å²) >= 11 is 0. The Labute approximate surface area is 200 Å². The lowest BCUT2D eigenvalue weighted by atomic mass is 10.1. The lowest BCUT2D eigenvalue weighted by molar-refractivity contribution is -0.121. The van der Waals surface area contributed by atoms with Gasteiger partial charge < -0.3 is 4.42 Å². The molecule has 0 aliphatic rings. The molecule has 0 fully saturated rings. The van der Waals surface area contributed by atoms with E-state index in [1.54, 1.807) is 30.5 Å². The molecular formula is C27H22N4O4. The van der Waals surface area contributed by atoms with Crippen molar-refractivity contribution in [2.45, 2.75) is 19.9 Å². The smallest absolute Gasteiger partial charge is 0.290 e. The van der Waals surface area contributed by atoms with E-state index in [9.17, 15) is 14.4 Å². The summed E-state index contributed by atoms with van der Waals surface area (Å²) in [5.74, 6) is -1.03. The zero-order chi connectivity index (χ0) is 24.4. The number of hydrogen-bond donors (Lipinski definition) is 2. The van der Waals surface area contributed by atoms with E-state index in [0.717, 1.165) is 16.5 Å². The fraction of sp³-hybridized carbons (Fsp3) is 0.111. The number of hydrazine groups is 1. The molecule has 0 aliphatic heterocycles. The molecule has 5 rings (SSSR count). The number of fused-ring (bicyclic) bond motifs is 2. The minimum Gasteiger partial charge on any atom is -0.464 e. The average Bonchev–Trinajstić information content (AvgIpc) is 3.26. The number of aromatic nitrogens is 2. The number of amides is 2. The van der Waals surface area contributed by atoms with Gasteiger partial charge in [-0.15, -0.1) is 0 Å². The fourth-order valence-electron chi connectivity index (χ4n) is 4.00. The number of carbonyl (C=O) groups excluding carboxylic acids is 2. The van der Waals surface area contributed by atoms with Gasteiger partial charge in [-0.25, -0.2) is 4.68 Å². The van der Waals surface area contributed by atoms with Crippen LogP contribution in [0.15, 0.2) is 88.3 Å². The highest BCUT2D eigenvalue weighted by Crippen LogP contribution is 2.22. The lowest BCUT2D eigenvalue weighted by Gasteiger charge is -2.12. The minimum absolute atomic E-state index is 0.0258. The van der Waals surface area contributed by atoms with Crippen molar-refractivity contribution < 1.29 is 14.0 Å². The van der Waals surface area contributed by atoms with Gasteiger partial charge in [0.15, 0.2) is 5.69 Å². The van der Waals surface area contributed by atoms with Crippen molar-refractivity contribution >= 4 is 33.6 Å². The molecule has 0 bridgehead atoms. The van der Waals surface area contributed by atoms with E-state index >= 15 is 0 Å². The first kappa shape index (κ1) is 22.1. The third kappa shape index (κ3) is 4.54. The van der Waals surface area contributed by atoms with Crippen LogP contribution < -0.4 is 16.4 Å². The highest BCUT2D eigenvalue weighted by Gasteiger charge is 2.18. The van der Waals surface area contributed by atoms with Gasteiger partial charge in [0.25, 0.3) is 11.5 Å². The molecule has 2 heterocycles. The highest BCUT2D eigenvalue weighted by molar-refractivity contribution is 6.05. The maximum absolute atomic E-state index is 13.0. The summed E-state index contributed by atoms with van der Waals surface area (Å²) in [6.45, 7) is 2.18. The molecule has 174 valence electrons. The molecule has 0 radical (unpaired) electrons. The van der Waals surface area contributed by atoms with Crippen LogP contribution in [0.2, 0.25) is 0 Å². The molecule has 0 spiro atoms. The van der Waals surface area contributed by atoms with Crippen LogP contribution in [0.3, 0.4) is 0 Å². The van der Waals surface area contributed by atoms with Gasteiger partial charge in [-0.05, 0) is 30.2 Å². The van der Waals surface area contributed by atoms with Gasteiger partial charge in [-0.2, -0.15) is 5.10 Å². The Kier molecular flexibility index (Phi) is 5.85. The van der Waals surface area contributed by atoms with Crippen molar-refractivity contribution in [3.05, 3.63) is 112 Å². The van der Waals surface area contributed by atoms with Crippen LogP contribution in [0.1, 0.15) is 27.2 Å². The van der Waals surface area contributed by atoms with Crippen molar-refractivity contribution in [3.8, 4) is 0 Å². The first-order valence-corrected chi connectivity index (χ1v) is 11.1. The molecule has 0 saturated heterocycles. The summed E-state index contributed by atoms with van der Waals surface area (Å²) in [6.07, 6.45) is 1.57. The number of furan rings is 1. The van der Waals surface area contributed by atoms with Crippen molar-refractivity contribution in [1.82, 2.24) is 20.6 Å². The van der Waals surface area contributed by atoms with Crippen molar-refractivity contribution in [3.63, 3.8) is 0 Å². The van der Waals surface area contributed by atoms with E-state index < -0.39 is 11.8 Å². The zero-order valence-electron chi connectivity index (χ0n) is 18.9. The molecule has 8 nitrogen and oxygen atoms in total. The molecule has 2 aromatic heterocycles. The van der Waals surface area contributed by atoms with Gasteiger partial charge in [-0.3, -0.25) is 25.2 Å². The Morgan fingerprint density at radius 2 is 1.66 bits per heavy atom. The van der Waals surface area contributed by atoms with Gasteiger partial charge in [0.1, 0.15) is 5.58 Å². The second kappa shape index (κ2) is 9.26. The number of nitrogens with one attached hydrogen (secondary N) is 2. The van der Waals surface area contributed by atoms with Gasteiger partial charge in [0.05, 0.1) is 24.6 Å². The minimum atomic E-state index is -0.621. The van der Waals surface area contributed by atoms with E-state index in [4.69, 9.17) is 4.42 Å². The third-order valence-electron chi connectivity index (χ3n) is 5.74. The number of nitrogens with zero attached hydrogens (tertiary/aromatic N) is 2. The topological polar surface area (TPSA) is 106 Å². The Morgan fingerprint density at radius 3 is 2.46 bits per heavy atom. The number of benzene rings is 3. The van der Waals surface area contributed by atoms with Crippen molar-refractivity contribution in [2.24, 2.45) is 0 Å². The van der Waals surface area contributed by atoms with Gasteiger partial charge >= 0.3 is 0 Å². The molecule has 35 heavy (non-hydrogen) atoms. The van der Waals surface area contributed by atoms with Crippen LogP contribution in [0.4, 0.5) is 0 Å². The summed E-state index contributed by atoms with van der Waals surface area (Å²) < 4.78 is 6.80. The van der Waals surface area contributed by atoms with Crippen molar-refractivity contribution in [1.29, 1.82) is 0 Å². The second-order valence-electron chi connectivity index (χ2n) is 8.28. The predicted octanol–water partition coefficient (Wildman–Crippen LogP) is 3.50. The van der Waals surface area contributed by atoms with Crippen LogP contribution in [-0.2, 0) is 17.8 Å². The van der Waals surface area contributed by atoms with E-state index in [0.29, 0.717) is 21.9 Å². The monoisotopic (exact) mass is 466 g/mol. The van der Waals surface area contributed by atoms with Gasteiger partial charge in [-0.1, -0.05) is 60.7 Å². The Bertz CT molecular complexity index is 1620. The zero-order valence-corrected chi connectivity index (χ0v) is 18.9.